The minimum absolute atomic E-state index is 0.145. The lowest BCUT2D eigenvalue weighted by Gasteiger charge is -2.18. The molecule has 2 heterocycles. The zero-order chi connectivity index (χ0) is 11.6. The molecule has 2 N–H and O–H groups in total. The lowest BCUT2D eigenvalue weighted by atomic mass is 10.2. The largest absolute Gasteiger partial charge is 0.348 e. The first-order chi connectivity index (χ1) is 7.57. The van der Waals surface area contributed by atoms with Crippen molar-refractivity contribution in [3.05, 3.63) is 6.20 Å². The van der Waals surface area contributed by atoms with Crippen LogP contribution in [0.1, 0.15) is 25.7 Å². The average Bonchev–Trinajstić information content (AvgIpc) is 2.55. The van der Waals surface area contributed by atoms with Crippen LogP contribution in [0.4, 0.5) is 5.13 Å². The Morgan fingerprint density at radius 1 is 1.25 bits per heavy atom. The van der Waals surface area contributed by atoms with Crippen LogP contribution in [-0.2, 0) is 10.0 Å². The molecule has 1 aromatic heterocycles. The number of nitrogens with two attached hydrogens (primary N) is 1. The van der Waals surface area contributed by atoms with Crippen molar-refractivity contribution in [2.45, 2.75) is 29.9 Å². The second-order valence-electron chi connectivity index (χ2n) is 3.91. The van der Waals surface area contributed by atoms with E-state index in [1.54, 1.807) is 0 Å². The second kappa shape index (κ2) is 4.68. The van der Waals surface area contributed by atoms with Crippen molar-refractivity contribution in [1.82, 2.24) is 4.98 Å². The molecule has 1 aromatic rings. The van der Waals surface area contributed by atoms with Crippen LogP contribution in [0.25, 0.3) is 0 Å². The molecule has 0 spiro atoms. The third kappa shape index (κ3) is 2.72. The Labute approximate surface area is 99.3 Å². The van der Waals surface area contributed by atoms with Crippen molar-refractivity contribution >= 4 is 26.5 Å². The van der Waals surface area contributed by atoms with E-state index in [4.69, 9.17) is 5.14 Å². The van der Waals surface area contributed by atoms with E-state index in [1.165, 1.54) is 19.0 Å². The minimum Gasteiger partial charge on any atom is -0.348 e. The highest BCUT2D eigenvalue weighted by Crippen LogP contribution is 2.27. The minimum atomic E-state index is -3.60. The molecule has 0 aromatic carbocycles. The van der Waals surface area contributed by atoms with Gasteiger partial charge in [0, 0.05) is 13.1 Å². The fraction of sp³-hybridized carbons (Fsp3) is 0.667. The number of hydrogen-bond acceptors (Lipinski definition) is 5. The van der Waals surface area contributed by atoms with Gasteiger partial charge in [-0.1, -0.05) is 24.2 Å². The summed E-state index contributed by atoms with van der Waals surface area (Å²) in [7, 11) is -3.60. The van der Waals surface area contributed by atoms with Crippen LogP contribution >= 0.6 is 11.3 Å². The number of rotatable bonds is 2. The van der Waals surface area contributed by atoms with Crippen molar-refractivity contribution in [3.63, 3.8) is 0 Å². The quantitative estimate of drug-likeness (QED) is 0.867. The second-order valence-corrected chi connectivity index (χ2v) is 6.71. The maximum atomic E-state index is 11.1. The van der Waals surface area contributed by atoms with Gasteiger partial charge in [-0.25, -0.2) is 18.5 Å². The Bertz CT molecular complexity index is 447. The van der Waals surface area contributed by atoms with E-state index in [-0.39, 0.29) is 4.21 Å². The molecule has 5 nitrogen and oxygen atoms in total. The average molecular weight is 261 g/mol. The van der Waals surface area contributed by atoms with Gasteiger partial charge in [-0.2, -0.15) is 0 Å². The molecule has 0 saturated carbocycles. The fourth-order valence-electron chi connectivity index (χ4n) is 1.79. The zero-order valence-electron chi connectivity index (χ0n) is 8.92. The third-order valence-corrected chi connectivity index (χ3v) is 5.10. The summed E-state index contributed by atoms with van der Waals surface area (Å²) in [5.41, 5.74) is 0. The molecule has 1 saturated heterocycles. The van der Waals surface area contributed by atoms with Gasteiger partial charge in [-0.05, 0) is 12.8 Å². The van der Waals surface area contributed by atoms with Crippen LogP contribution in [0.15, 0.2) is 10.4 Å². The van der Waals surface area contributed by atoms with Gasteiger partial charge in [0.2, 0.25) is 10.0 Å². The molecule has 0 unspecified atom stereocenters. The van der Waals surface area contributed by atoms with Gasteiger partial charge in [0.05, 0.1) is 6.20 Å². The summed E-state index contributed by atoms with van der Waals surface area (Å²) in [4.78, 5) is 6.28. The highest BCUT2D eigenvalue weighted by Gasteiger charge is 2.17. The van der Waals surface area contributed by atoms with Crippen molar-refractivity contribution in [1.29, 1.82) is 0 Å². The van der Waals surface area contributed by atoms with Crippen LogP contribution in [0, 0.1) is 0 Å². The summed E-state index contributed by atoms with van der Waals surface area (Å²) in [6.45, 7) is 1.91. The van der Waals surface area contributed by atoms with E-state index in [2.05, 4.69) is 9.88 Å². The Morgan fingerprint density at radius 3 is 2.38 bits per heavy atom. The number of anilines is 1. The SMILES string of the molecule is NS(=O)(=O)c1cnc(N2CCCCCC2)s1. The van der Waals surface area contributed by atoms with Gasteiger partial charge < -0.3 is 4.90 Å². The number of nitrogens with zero attached hydrogens (tertiary/aromatic N) is 2. The number of hydrogen-bond donors (Lipinski definition) is 1. The summed E-state index contributed by atoms with van der Waals surface area (Å²) in [5, 5.41) is 5.82. The molecule has 0 radical (unpaired) electrons. The maximum absolute atomic E-state index is 11.1. The van der Waals surface area contributed by atoms with Crippen LogP contribution in [0.3, 0.4) is 0 Å². The molecule has 1 aliphatic rings. The summed E-state index contributed by atoms with van der Waals surface area (Å²) in [6, 6.07) is 0. The summed E-state index contributed by atoms with van der Waals surface area (Å²) in [5.74, 6) is 0. The number of primary sulfonamides is 1. The van der Waals surface area contributed by atoms with E-state index in [0.29, 0.717) is 0 Å². The van der Waals surface area contributed by atoms with Crippen molar-refractivity contribution in [3.8, 4) is 0 Å². The van der Waals surface area contributed by atoms with Gasteiger partial charge >= 0.3 is 0 Å². The van der Waals surface area contributed by atoms with Crippen molar-refractivity contribution < 1.29 is 8.42 Å². The Balaban J connectivity index is 2.17. The standard InChI is InChI=1S/C9H15N3O2S2/c10-16(13,14)8-7-11-9(15-8)12-5-3-1-2-4-6-12/h7H,1-6H2,(H2,10,13,14). The molecule has 16 heavy (non-hydrogen) atoms. The number of thiazole rings is 1. The van der Waals surface area contributed by atoms with Gasteiger partial charge in [0.1, 0.15) is 0 Å². The van der Waals surface area contributed by atoms with Crippen LogP contribution in [-0.4, -0.2) is 26.5 Å². The van der Waals surface area contributed by atoms with Crippen molar-refractivity contribution in [2.75, 3.05) is 18.0 Å². The first kappa shape index (κ1) is 11.8. The van der Waals surface area contributed by atoms with Crippen molar-refractivity contribution in [2.24, 2.45) is 5.14 Å². The molecule has 90 valence electrons. The van der Waals surface area contributed by atoms with Gasteiger partial charge in [0.25, 0.3) is 0 Å². The Hall–Kier alpha value is -0.660. The maximum Gasteiger partial charge on any atom is 0.249 e. The fourth-order valence-corrected chi connectivity index (χ4v) is 3.38. The van der Waals surface area contributed by atoms with E-state index < -0.39 is 10.0 Å². The molecule has 0 aliphatic carbocycles. The molecule has 7 heteroatoms. The Morgan fingerprint density at radius 2 is 1.88 bits per heavy atom. The molecule has 0 bridgehead atoms. The van der Waals surface area contributed by atoms with Gasteiger partial charge in [-0.3, -0.25) is 0 Å². The normalized spacial score (nSPS) is 18.4. The summed E-state index contributed by atoms with van der Waals surface area (Å²) in [6.07, 6.45) is 6.11. The number of aromatic nitrogens is 1. The van der Waals surface area contributed by atoms with Gasteiger partial charge in [-0.15, -0.1) is 0 Å². The van der Waals surface area contributed by atoms with E-state index >= 15 is 0 Å². The summed E-state index contributed by atoms with van der Waals surface area (Å²) >= 11 is 1.16. The van der Waals surface area contributed by atoms with Crippen LogP contribution in [0.2, 0.25) is 0 Å². The van der Waals surface area contributed by atoms with E-state index in [9.17, 15) is 8.42 Å². The molecule has 1 aliphatic heterocycles. The third-order valence-electron chi connectivity index (χ3n) is 2.63. The van der Waals surface area contributed by atoms with Gasteiger partial charge in [0.15, 0.2) is 9.34 Å². The van der Waals surface area contributed by atoms with E-state index in [0.717, 1.165) is 42.4 Å². The summed E-state index contributed by atoms with van der Waals surface area (Å²) < 4.78 is 22.4. The first-order valence-corrected chi connectivity index (χ1v) is 7.67. The lowest BCUT2D eigenvalue weighted by Crippen LogP contribution is -2.23. The Kier molecular flexibility index (Phi) is 3.46. The molecule has 1 fully saturated rings. The molecule has 0 amide bonds. The zero-order valence-corrected chi connectivity index (χ0v) is 10.6. The lowest BCUT2D eigenvalue weighted by molar-refractivity contribution is 0.599. The topological polar surface area (TPSA) is 76.3 Å². The van der Waals surface area contributed by atoms with Crippen LogP contribution < -0.4 is 10.0 Å². The monoisotopic (exact) mass is 261 g/mol. The highest BCUT2D eigenvalue weighted by molar-refractivity contribution is 7.91. The molecular formula is C9H15N3O2S2. The van der Waals surface area contributed by atoms with Crippen LogP contribution in [0.5, 0.6) is 0 Å². The molecular weight excluding hydrogens is 246 g/mol. The molecule has 0 atom stereocenters. The molecule has 2 rings (SSSR count). The number of sulfonamides is 1. The highest BCUT2D eigenvalue weighted by atomic mass is 32.2. The smallest absolute Gasteiger partial charge is 0.249 e. The van der Waals surface area contributed by atoms with E-state index in [1.807, 2.05) is 0 Å². The first-order valence-electron chi connectivity index (χ1n) is 5.31. The predicted molar refractivity (Wildman–Crippen MR) is 64.2 cm³/mol. The predicted octanol–water partition coefficient (Wildman–Crippen LogP) is 1.17.